The third-order valence-corrected chi connectivity index (χ3v) is 4.53. The van der Waals surface area contributed by atoms with Crippen molar-refractivity contribution >= 4 is 33.0 Å². The van der Waals surface area contributed by atoms with Crippen LogP contribution < -0.4 is 15.8 Å². The zero-order valence-electron chi connectivity index (χ0n) is 13.4. The molecular formula is C15H16N4O5S. The SMILES string of the molecule is CNc1ccc([N+](=O)[O-])cc1C(=O)Nc1ccc(C)c(S(N)(=O)=O)c1. The first-order valence-electron chi connectivity index (χ1n) is 7.04. The quantitative estimate of drug-likeness (QED) is 0.545. The van der Waals surface area contributed by atoms with Crippen LogP contribution in [-0.2, 0) is 10.0 Å². The number of anilines is 2. The molecule has 0 saturated heterocycles. The zero-order valence-corrected chi connectivity index (χ0v) is 14.3. The van der Waals surface area contributed by atoms with E-state index in [1.807, 2.05) is 0 Å². The van der Waals surface area contributed by atoms with Gasteiger partial charge in [0.25, 0.3) is 11.6 Å². The second kappa shape index (κ2) is 6.87. The Morgan fingerprint density at radius 1 is 1.20 bits per heavy atom. The number of aryl methyl sites for hydroxylation is 1. The molecule has 0 radical (unpaired) electrons. The average molecular weight is 364 g/mol. The first-order valence-corrected chi connectivity index (χ1v) is 8.59. The maximum absolute atomic E-state index is 12.5. The summed E-state index contributed by atoms with van der Waals surface area (Å²) >= 11 is 0. The lowest BCUT2D eigenvalue weighted by Gasteiger charge is -2.11. The summed E-state index contributed by atoms with van der Waals surface area (Å²) in [4.78, 5) is 22.6. The lowest BCUT2D eigenvalue weighted by molar-refractivity contribution is -0.384. The average Bonchev–Trinajstić information content (AvgIpc) is 2.54. The van der Waals surface area contributed by atoms with Crippen LogP contribution in [0.3, 0.4) is 0 Å². The topological polar surface area (TPSA) is 144 Å². The van der Waals surface area contributed by atoms with Gasteiger partial charge < -0.3 is 10.6 Å². The number of nitrogens with one attached hydrogen (secondary N) is 2. The number of hydrogen-bond donors (Lipinski definition) is 3. The number of nitro benzene ring substituents is 1. The van der Waals surface area contributed by atoms with Gasteiger partial charge in [0, 0.05) is 30.6 Å². The van der Waals surface area contributed by atoms with E-state index < -0.39 is 20.9 Å². The summed E-state index contributed by atoms with van der Waals surface area (Å²) in [6.07, 6.45) is 0. The smallest absolute Gasteiger partial charge is 0.270 e. The van der Waals surface area contributed by atoms with Crippen molar-refractivity contribution in [3.63, 3.8) is 0 Å². The highest BCUT2D eigenvalue weighted by atomic mass is 32.2. The standard InChI is InChI=1S/C15H16N4O5S/c1-9-3-4-10(7-14(9)25(16,23)24)18-15(20)12-8-11(19(21)22)5-6-13(12)17-2/h3-8,17H,1-2H3,(H,18,20)(H2,16,23,24). The third kappa shape index (κ3) is 4.11. The maximum Gasteiger partial charge on any atom is 0.270 e. The Morgan fingerprint density at radius 2 is 1.88 bits per heavy atom. The fraction of sp³-hybridized carbons (Fsp3) is 0.133. The highest BCUT2D eigenvalue weighted by molar-refractivity contribution is 7.89. The number of nitrogens with two attached hydrogens (primary N) is 1. The molecule has 0 unspecified atom stereocenters. The van der Waals surface area contributed by atoms with Gasteiger partial charge in [0.1, 0.15) is 0 Å². The molecule has 4 N–H and O–H groups in total. The molecule has 0 aromatic heterocycles. The zero-order chi connectivity index (χ0) is 18.8. The van der Waals surface area contributed by atoms with Crippen molar-refractivity contribution in [1.29, 1.82) is 0 Å². The molecule has 9 nitrogen and oxygen atoms in total. The Hall–Kier alpha value is -2.98. The summed E-state index contributed by atoms with van der Waals surface area (Å²) in [6, 6.07) is 8.07. The Balaban J connectivity index is 2.41. The highest BCUT2D eigenvalue weighted by Crippen LogP contribution is 2.24. The molecule has 0 bridgehead atoms. The van der Waals surface area contributed by atoms with Gasteiger partial charge in [-0.25, -0.2) is 13.6 Å². The van der Waals surface area contributed by atoms with Crippen LogP contribution in [0.1, 0.15) is 15.9 Å². The van der Waals surface area contributed by atoms with E-state index in [9.17, 15) is 23.3 Å². The van der Waals surface area contributed by atoms with E-state index in [2.05, 4.69) is 10.6 Å². The fourth-order valence-electron chi connectivity index (χ4n) is 2.23. The summed E-state index contributed by atoms with van der Waals surface area (Å²) < 4.78 is 23.1. The van der Waals surface area contributed by atoms with E-state index in [1.165, 1.54) is 30.3 Å². The molecule has 0 saturated carbocycles. The van der Waals surface area contributed by atoms with Crippen molar-refractivity contribution in [2.24, 2.45) is 5.14 Å². The fourth-order valence-corrected chi connectivity index (χ4v) is 3.04. The maximum atomic E-state index is 12.5. The molecule has 0 atom stereocenters. The van der Waals surface area contributed by atoms with Crippen molar-refractivity contribution in [3.05, 3.63) is 57.6 Å². The van der Waals surface area contributed by atoms with Gasteiger partial charge in [0.05, 0.1) is 15.4 Å². The van der Waals surface area contributed by atoms with Gasteiger partial charge in [0.15, 0.2) is 0 Å². The normalized spacial score (nSPS) is 11.0. The molecule has 1 amide bonds. The van der Waals surface area contributed by atoms with Crippen LogP contribution in [0.2, 0.25) is 0 Å². The number of amides is 1. The van der Waals surface area contributed by atoms with Gasteiger partial charge in [-0.05, 0) is 30.7 Å². The number of benzene rings is 2. The predicted octanol–water partition coefficient (Wildman–Crippen LogP) is 1.84. The number of carbonyl (C=O) groups excluding carboxylic acids is 1. The van der Waals surface area contributed by atoms with Crippen molar-refractivity contribution < 1.29 is 18.1 Å². The van der Waals surface area contributed by atoms with E-state index >= 15 is 0 Å². The number of non-ortho nitro benzene ring substituents is 1. The van der Waals surface area contributed by atoms with E-state index in [1.54, 1.807) is 14.0 Å². The van der Waals surface area contributed by atoms with Gasteiger partial charge in [-0.1, -0.05) is 6.07 Å². The first kappa shape index (κ1) is 18.4. The van der Waals surface area contributed by atoms with Crippen LogP contribution in [0.4, 0.5) is 17.1 Å². The molecule has 0 spiro atoms. The summed E-state index contributed by atoms with van der Waals surface area (Å²) in [5.41, 5.74) is 0.842. The van der Waals surface area contributed by atoms with Crippen LogP contribution in [0, 0.1) is 17.0 Å². The third-order valence-electron chi connectivity index (χ3n) is 3.48. The minimum Gasteiger partial charge on any atom is -0.387 e. The molecule has 132 valence electrons. The van der Waals surface area contributed by atoms with Crippen LogP contribution in [-0.4, -0.2) is 26.3 Å². The van der Waals surface area contributed by atoms with Gasteiger partial charge in [-0.3, -0.25) is 14.9 Å². The second-order valence-electron chi connectivity index (χ2n) is 5.22. The number of primary sulfonamides is 1. The van der Waals surface area contributed by atoms with E-state index in [0.717, 1.165) is 6.07 Å². The molecule has 0 aliphatic heterocycles. The minimum absolute atomic E-state index is 0.0504. The van der Waals surface area contributed by atoms with Crippen LogP contribution >= 0.6 is 0 Å². The number of carbonyl (C=O) groups is 1. The molecule has 0 aliphatic rings. The van der Waals surface area contributed by atoms with Crippen molar-refractivity contribution in [2.45, 2.75) is 11.8 Å². The summed E-state index contributed by atoms with van der Waals surface area (Å²) in [6.45, 7) is 1.57. The van der Waals surface area contributed by atoms with Gasteiger partial charge in [-0.2, -0.15) is 0 Å². The number of sulfonamides is 1. The molecule has 2 rings (SSSR count). The number of nitrogens with zero attached hydrogens (tertiary/aromatic N) is 1. The Kier molecular flexibility index (Phi) is 5.04. The number of nitro groups is 1. The second-order valence-corrected chi connectivity index (χ2v) is 6.75. The van der Waals surface area contributed by atoms with Gasteiger partial charge >= 0.3 is 0 Å². The summed E-state index contributed by atoms with van der Waals surface area (Å²) in [5, 5.41) is 21.3. The van der Waals surface area contributed by atoms with Crippen molar-refractivity contribution in [3.8, 4) is 0 Å². The molecular weight excluding hydrogens is 348 g/mol. The van der Waals surface area contributed by atoms with Crippen molar-refractivity contribution in [2.75, 3.05) is 17.7 Å². The highest BCUT2D eigenvalue weighted by Gasteiger charge is 2.18. The molecule has 0 heterocycles. The monoisotopic (exact) mass is 364 g/mol. The number of rotatable bonds is 5. The summed E-state index contributed by atoms with van der Waals surface area (Å²) in [5.74, 6) is -0.628. The van der Waals surface area contributed by atoms with E-state index in [4.69, 9.17) is 5.14 Å². The van der Waals surface area contributed by atoms with Crippen molar-refractivity contribution in [1.82, 2.24) is 0 Å². The largest absolute Gasteiger partial charge is 0.387 e. The Labute approximate surface area is 144 Å². The molecule has 25 heavy (non-hydrogen) atoms. The molecule has 10 heteroatoms. The van der Waals surface area contributed by atoms with E-state index in [0.29, 0.717) is 11.3 Å². The van der Waals surface area contributed by atoms with Crippen LogP contribution in [0.5, 0.6) is 0 Å². The first-order chi connectivity index (χ1) is 11.6. The number of hydrogen-bond acceptors (Lipinski definition) is 6. The Bertz CT molecular complexity index is 956. The lowest BCUT2D eigenvalue weighted by atomic mass is 10.1. The molecule has 0 fully saturated rings. The molecule has 2 aromatic carbocycles. The molecule has 2 aromatic rings. The molecule has 0 aliphatic carbocycles. The van der Waals surface area contributed by atoms with Gasteiger partial charge in [-0.15, -0.1) is 0 Å². The van der Waals surface area contributed by atoms with Crippen LogP contribution in [0.25, 0.3) is 0 Å². The summed E-state index contributed by atoms with van der Waals surface area (Å²) in [7, 11) is -2.37. The lowest BCUT2D eigenvalue weighted by Crippen LogP contribution is -2.17. The minimum atomic E-state index is -3.94. The van der Waals surface area contributed by atoms with Gasteiger partial charge in [0.2, 0.25) is 10.0 Å². The van der Waals surface area contributed by atoms with Crippen LogP contribution in [0.15, 0.2) is 41.3 Å². The Morgan fingerprint density at radius 3 is 2.44 bits per heavy atom. The van der Waals surface area contributed by atoms with E-state index in [-0.39, 0.29) is 21.8 Å². The predicted molar refractivity (Wildman–Crippen MR) is 93.1 cm³/mol.